The molecule has 4 nitrogen and oxygen atoms in total. The maximum Gasteiger partial charge on any atom is 0.311 e. The van der Waals surface area contributed by atoms with Crippen molar-refractivity contribution < 1.29 is 22.3 Å². The van der Waals surface area contributed by atoms with Gasteiger partial charge in [0.2, 0.25) is 0 Å². The van der Waals surface area contributed by atoms with Crippen molar-refractivity contribution in [3.8, 4) is 0 Å². The molecule has 1 rings (SSSR count). The quantitative estimate of drug-likeness (QED) is 0.602. The van der Waals surface area contributed by atoms with Gasteiger partial charge in [0.25, 0.3) is 0 Å². The largest absolute Gasteiger partial charge is 0.469 e. The second-order valence-corrected chi connectivity index (χ2v) is 5.68. The number of methoxy groups -OCH3 is 1. The van der Waals surface area contributed by atoms with Gasteiger partial charge >= 0.3 is 5.97 Å². The fraction of sp³-hybridized carbons (Fsp3) is 0.875. The Hall–Kier alpha value is -0.650. The average Bonchev–Trinajstić information content (AvgIpc) is 2.26. The third kappa shape index (κ3) is 2.67. The molecule has 2 atom stereocenters. The first-order valence-corrected chi connectivity index (χ1v) is 6.21. The topological polar surface area (TPSA) is 60.4 Å². The molecule has 1 heterocycles. The highest BCUT2D eigenvalue weighted by Gasteiger charge is 2.34. The molecule has 0 aromatic heterocycles. The van der Waals surface area contributed by atoms with Crippen molar-refractivity contribution in [2.24, 2.45) is 5.92 Å². The van der Waals surface area contributed by atoms with Crippen LogP contribution in [0.4, 0.5) is 4.39 Å². The molecule has 82 valence electrons. The first-order chi connectivity index (χ1) is 6.46. The van der Waals surface area contributed by atoms with Crippen molar-refractivity contribution in [3.63, 3.8) is 0 Å². The SMILES string of the molecule is COC(=O)C1CCS(=O)(=O)CCC1F. The molecule has 0 aliphatic carbocycles. The van der Waals surface area contributed by atoms with Gasteiger partial charge in [-0.2, -0.15) is 0 Å². The van der Waals surface area contributed by atoms with Crippen LogP contribution in [0.2, 0.25) is 0 Å². The predicted octanol–water partition coefficient (Wildman–Crippen LogP) is 0.322. The van der Waals surface area contributed by atoms with E-state index in [9.17, 15) is 17.6 Å². The summed E-state index contributed by atoms with van der Waals surface area (Å²) in [5.41, 5.74) is 0. The average molecular weight is 224 g/mol. The number of alkyl halides is 1. The van der Waals surface area contributed by atoms with E-state index in [0.29, 0.717) is 0 Å². The molecule has 2 unspecified atom stereocenters. The lowest BCUT2D eigenvalue weighted by Gasteiger charge is -2.14. The smallest absolute Gasteiger partial charge is 0.311 e. The van der Waals surface area contributed by atoms with Gasteiger partial charge in [-0.1, -0.05) is 0 Å². The van der Waals surface area contributed by atoms with Gasteiger partial charge in [-0.05, 0) is 12.8 Å². The van der Waals surface area contributed by atoms with Crippen molar-refractivity contribution in [1.82, 2.24) is 0 Å². The van der Waals surface area contributed by atoms with E-state index in [1.807, 2.05) is 0 Å². The van der Waals surface area contributed by atoms with E-state index in [2.05, 4.69) is 4.74 Å². The number of hydrogen-bond donors (Lipinski definition) is 0. The number of halogens is 1. The Morgan fingerprint density at radius 1 is 1.36 bits per heavy atom. The number of rotatable bonds is 1. The number of esters is 1. The number of sulfone groups is 1. The second-order valence-electron chi connectivity index (χ2n) is 3.37. The van der Waals surface area contributed by atoms with E-state index in [1.54, 1.807) is 0 Å². The maximum absolute atomic E-state index is 13.3. The van der Waals surface area contributed by atoms with Crippen LogP contribution in [-0.2, 0) is 19.4 Å². The molecule has 1 fully saturated rings. The summed E-state index contributed by atoms with van der Waals surface area (Å²) in [4.78, 5) is 11.1. The van der Waals surface area contributed by atoms with Crippen LogP contribution in [-0.4, -0.2) is 39.2 Å². The number of carbonyl (C=O) groups excluding carboxylic acids is 1. The second kappa shape index (κ2) is 4.25. The van der Waals surface area contributed by atoms with Crippen molar-refractivity contribution >= 4 is 15.8 Å². The van der Waals surface area contributed by atoms with Crippen LogP contribution < -0.4 is 0 Å². The van der Waals surface area contributed by atoms with Crippen LogP contribution in [0.3, 0.4) is 0 Å². The van der Waals surface area contributed by atoms with Gasteiger partial charge in [0.15, 0.2) is 0 Å². The van der Waals surface area contributed by atoms with Gasteiger partial charge in [-0.25, -0.2) is 12.8 Å². The van der Waals surface area contributed by atoms with E-state index in [0.717, 1.165) is 0 Å². The molecule has 0 aromatic rings. The Morgan fingerprint density at radius 3 is 2.50 bits per heavy atom. The molecule has 0 spiro atoms. The third-order valence-electron chi connectivity index (χ3n) is 2.39. The Bertz CT molecular complexity index is 311. The van der Waals surface area contributed by atoms with E-state index in [-0.39, 0.29) is 24.3 Å². The van der Waals surface area contributed by atoms with Crippen molar-refractivity contribution in [2.45, 2.75) is 19.0 Å². The van der Waals surface area contributed by atoms with Gasteiger partial charge in [-0.3, -0.25) is 4.79 Å². The summed E-state index contributed by atoms with van der Waals surface area (Å²) < 4.78 is 40.0. The van der Waals surface area contributed by atoms with Crippen molar-refractivity contribution in [1.29, 1.82) is 0 Å². The lowest BCUT2D eigenvalue weighted by Crippen LogP contribution is -2.26. The Labute approximate surface area is 82.4 Å². The van der Waals surface area contributed by atoms with E-state index >= 15 is 0 Å². The fourth-order valence-electron chi connectivity index (χ4n) is 1.50. The molecule has 1 aliphatic heterocycles. The van der Waals surface area contributed by atoms with Gasteiger partial charge in [-0.15, -0.1) is 0 Å². The first-order valence-electron chi connectivity index (χ1n) is 4.38. The molecule has 0 bridgehead atoms. The summed E-state index contributed by atoms with van der Waals surface area (Å²) in [6.07, 6.45) is -1.49. The summed E-state index contributed by atoms with van der Waals surface area (Å²) in [6, 6.07) is 0. The van der Waals surface area contributed by atoms with Gasteiger partial charge in [0.1, 0.15) is 16.0 Å². The van der Waals surface area contributed by atoms with Crippen LogP contribution in [0.15, 0.2) is 0 Å². The Kier molecular flexibility index (Phi) is 3.47. The van der Waals surface area contributed by atoms with Crippen LogP contribution in [0.1, 0.15) is 12.8 Å². The highest BCUT2D eigenvalue weighted by Crippen LogP contribution is 2.23. The molecule has 0 amide bonds. The minimum absolute atomic E-state index is 0.0240. The molecule has 1 aliphatic rings. The van der Waals surface area contributed by atoms with Crippen molar-refractivity contribution in [3.05, 3.63) is 0 Å². The number of hydrogen-bond acceptors (Lipinski definition) is 4. The minimum Gasteiger partial charge on any atom is -0.469 e. The summed E-state index contributed by atoms with van der Waals surface area (Å²) in [7, 11) is -2.00. The molecule has 0 saturated carbocycles. The summed E-state index contributed by atoms with van der Waals surface area (Å²) >= 11 is 0. The number of ether oxygens (including phenoxy) is 1. The highest BCUT2D eigenvalue weighted by molar-refractivity contribution is 7.91. The Morgan fingerprint density at radius 2 is 1.93 bits per heavy atom. The van der Waals surface area contributed by atoms with E-state index in [4.69, 9.17) is 0 Å². The zero-order valence-corrected chi connectivity index (χ0v) is 8.72. The van der Waals surface area contributed by atoms with Gasteiger partial charge in [0, 0.05) is 0 Å². The zero-order valence-electron chi connectivity index (χ0n) is 7.90. The van der Waals surface area contributed by atoms with E-state index in [1.165, 1.54) is 7.11 Å². The lowest BCUT2D eigenvalue weighted by molar-refractivity contribution is -0.147. The monoisotopic (exact) mass is 224 g/mol. The maximum atomic E-state index is 13.3. The van der Waals surface area contributed by atoms with Gasteiger partial charge < -0.3 is 4.74 Å². The third-order valence-corrected chi connectivity index (χ3v) is 4.10. The van der Waals surface area contributed by atoms with Crippen LogP contribution in [0.5, 0.6) is 0 Å². The predicted molar refractivity (Wildman–Crippen MR) is 48.3 cm³/mol. The van der Waals surface area contributed by atoms with Crippen molar-refractivity contribution in [2.75, 3.05) is 18.6 Å². The molecular formula is C8H13FO4S. The lowest BCUT2D eigenvalue weighted by atomic mass is 9.99. The number of carbonyl (C=O) groups is 1. The van der Waals surface area contributed by atoms with E-state index < -0.39 is 27.9 Å². The standard InChI is InChI=1S/C8H13FO4S/c1-13-8(10)6-2-4-14(11,12)5-3-7(6)9/h6-7H,2-5H2,1H3. The van der Waals surface area contributed by atoms with Crippen LogP contribution in [0, 0.1) is 5.92 Å². The van der Waals surface area contributed by atoms with Gasteiger partial charge in [0.05, 0.1) is 24.5 Å². The summed E-state index contributed by atoms with van der Waals surface area (Å²) in [5, 5.41) is 0. The summed E-state index contributed by atoms with van der Waals surface area (Å²) in [5.74, 6) is -1.89. The summed E-state index contributed by atoms with van der Waals surface area (Å²) in [6.45, 7) is 0. The van der Waals surface area contributed by atoms with Crippen LogP contribution in [0.25, 0.3) is 0 Å². The highest BCUT2D eigenvalue weighted by atomic mass is 32.2. The molecule has 14 heavy (non-hydrogen) atoms. The zero-order chi connectivity index (χ0) is 10.8. The molecular weight excluding hydrogens is 211 g/mol. The minimum atomic E-state index is -3.17. The normalized spacial score (nSPS) is 31.9. The molecule has 0 radical (unpaired) electrons. The molecule has 0 aromatic carbocycles. The van der Waals surface area contributed by atoms with Crippen LogP contribution >= 0.6 is 0 Å². The fourth-order valence-corrected chi connectivity index (χ4v) is 2.90. The molecule has 6 heteroatoms. The first kappa shape index (κ1) is 11.4. The molecule has 0 N–H and O–H groups in total. The Balaban J connectivity index is 2.75. The molecule has 1 saturated heterocycles.